The maximum absolute atomic E-state index is 12.8. The summed E-state index contributed by atoms with van der Waals surface area (Å²) in [5.74, 6) is 1.25. The summed E-state index contributed by atoms with van der Waals surface area (Å²) in [6.45, 7) is 8.83. The zero-order valence-corrected chi connectivity index (χ0v) is 14.3. The van der Waals surface area contributed by atoms with Gasteiger partial charge in [0.15, 0.2) is 0 Å². The molecule has 0 unspecified atom stereocenters. The van der Waals surface area contributed by atoms with E-state index in [1.165, 1.54) is 0 Å². The van der Waals surface area contributed by atoms with E-state index in [1.54, 1.807) is 11.3 Å². The van der Waals surface area contributed by atoms with E-state index in [9.17, 15) is 4.79 Å². The molecule has 1 N–H and O–H groups in total. The van der Waals surface area contributed by atoms with E-state index in [1.807, 2.05) is 17.5 Å². The number of carbonyl (C=O) groups excluding carboxylic acids is 1. The van der Waals surface area contributed by atoms with Gasteiger partial charge in [0.2, 0.25) is 5.91 Å². The molecule has 0 aliphatic heterocycles. The maximum atomic E-state index is 12.8. The SMILES string of the molecule is CC(C)c1cc(CNC(=O)[C@@]2(c3cccs3)CC2(C)C)no1. The Morgan fingerprint density at radius 1 is 1.50 bits per heavy atom. The van der Waals surface area contributed by atoms with E-state index in [2.05, 4.69) is 44.2 Å². The lowest BCUT2D eigenvalue weighted by molar-refractivity contribution is -0.124. The van der Waals surface area contributed by atoms with E-state index in [4.69, 9.17) is 4.52 Å². The Morgan fingerprint density at radius 3 is 2.73 bits per heavy atom. The molecule has 4 nitrogen and oxygen atoms in total. The molecule has 1 saturated carbocycles. The van der Waals surface area contributed by atoms with Crippen LogP contribution in [0.3, 0.4) is 0 Å². The molecule has 118 valence electrons. The second kappa shape index (κ2) is 5.23. The first-order valence-electron chi connectivity index (χ1n) is 7.64. The van der Waals surface area contributed by atoms with E-state index in [-0.39, 0.29) is 16.7 Å². The predicted molar refractivity (Wildman–Crippen MR) is 86.8 cm³/mol. The normalized spacial score (nSPS) is 22.8. The molecule has 0 saturated heterocycles. The van der Waals surface area contributed by atoms with Crippen molar-refractivity contribution in [1.29, 1.82) is 0 Å². The summed E-state index contributed by atoms with van der Waals surface area (Å²) in [7, 11) is 0. The van der Waals surface area contributed by atoms with Gasteiger partial charge in [0, 0.05) is 16.9 Å². The van der Waals surface area contributed by atoms with Gasteiger partial charge in [-0.25, -0.2) is 0 Å². The number of rotatable bonds is 5. The van der Waals surface area contributed by atoms with Gasteiger partial charge in [-0.1, -0.05) is 38.9 Å². The highest BCUT2D eigenvalue weighted by atomic mass is 32.1. The van der Waals surface area contributed by atoms with Crippen LogP contribution in [-0.2, 0) is 16.8 Å². The van der Waals surface area contributed by atoms with Crippen LogP contribution in [-0.4, -0.2) is 11.1 Å². The number of nitrogens with zero attached hydrogens (tertiary/aromatic N) is 1. The van der Waals surface area contributed by atoms with Gasteiger partial charge in [-0.05, 0) is 23.3 Å². The molecule has 1 aliphatic rings. The average Bonchev–Trinajstić information content (AvgIpc) is 2.93. The van der Waals surface area contributed by atoms with Crippen LogP contribution in [0.2, 0.25) is 0 Å². The van der Waals surface area contributed by atoms with E-state index < -0.39 is 0 Å². The van der Waals surface area contributed by atoms with Crippen LogP contribution in [0.25, 0.3) is 0 Å². The number of aromatic nitrogens is 1. The number of carbonyl (C=O) groups is 1. The van der Waals surface area contributed by atoms with Crippen molar-refractivity contribution in [3.05, 3.63) is 39.9 Å². The van der Waals surface area contributed by atoms with Crippen molar-refractivity contribution in [3.63, 3.8) is 0 Å². The average molecular weight is 318 g/mol. The highest BCUT2D eigenvalue weighted by Crippen LogP contribution is 2.65. The molecule has 0 radical (unpaired) electrons. The fraction of sp³-hybridized carbons (Fsp3) is 0.529. The first-order valence-corrected chi connectivity index (χ1v) is 8.52. The topological polar surface area (TPSA) is 55.1 Å². The molecule has 5 heteroatoms. The Labute approximate surface area is 134 Å². The molecule has 0 bridgehead atoms. The molecule has 1 fully saturated rings. The fourth-order valence-corrected chi connectivity index (χ4v) is 4.17. The molecule has 0 spiro atoms. The van der Waals surface area contributed by atoms with E-state index in [0.717, 1.165) is 22.8 Å². The Kier molecular flexibility index (Phi) is 3.63. The van der Waals surface area contributed by atoms with Gasteiger partial charge in [0.25, 0.3) is 0 Å². The van der Waals surface area contributed by atoms with Gasteiger partial charge in [-0.3, -0.25) is 4.79 Å². The summed E-state index contributed by atoms with van der Waals surface area (Å²) < 4.78 is 5.27. The van der Waals surface area contributed by atoms with E-state index in [0.29, 0.717) is 12.5 Å². The van der Waals surface area contributed by atoms with Crippen LogP contribution < -0.4 is 5.32 Å². The third kappa shape index (κ3) is 2.37. The van der Waals surface area contributed by atoms with Crippen molar-refractivity contribution in [1.82, 2.24) is 10.5 Å². The molecule has 2 aromatic heterocycles. The van der Waals surface area contributed by atoms with Crippen LogP contribution in [0.1, 0.15) is 56.4 Å². The van der Waals surface area contributed by atoms with Crippen LogP contribution in [0, 0.1) is 5.41 Å². The minimum Gasteiger partial charge on any atom is -0.361 e. The van der Waals surface area contributed by atoms with Crippen molar-refractivity contribution in [3.8, 4) is 0 Å². The number of amides is 1. The number of nitrogens with one attached hydrogen (secondary N) is 1. The molecule has 2 aromatic rings. The molecular formula is C17H22N2O2S. The van der Waals surface area contributed by atoms with Gasteiger partial charge in [0.1, 0.15) is 11.5 Å². The van der Waals surface area contributed by atoms with Crippen LogP contribution >= 0.6 is 11.3 Å². The van der Waals surface area contributed by atoms with Gasteiger partial charge >= 0.3 is 0 Å². The number of hydrogen-bond donors (Lipinski definition) is 1. The highest BCUT2D eigenvalue weighted by Gasteiger charge is 2.67. The standard InChI is InChI=1S/C17H22N2O2S/c1-11(2)13-8-12(19-21-13)9-18-15(20)17(10-16(17,3)4)14-6-5-7-22-14/h5-8,11H,9-10H2,1-4H3,(H,18,20)/t17-/m0/s1. The van der Waals surface area contributed by atoms with Crippen molar-refractivity contribution in [2.75, 3.05) is 0 Å². The highest BCUT2D eigenvalue weighted by molar-refractivity contribution is 7.10. The molecule has 3 rings (SSSR count). The lowest BCUT2D eigenvalue weighted by Gasteiger charge is -2.18. The maximum Gasteiger partial charge on any atom is 0.232 e. The molecule has 2 heterocycles. The van der Waals surface area contributed by atoms with E-state index >= 15 is 0 Å². The van der Waals surface area contributed by atoms with Gasteiger partial charge in [-0.2, -0.15) is 0 Å². The summed E-state index contributed by atoms with van der Waals surface area (Å²) in [6.07, 6.45) is 0.891. The molecule has 1 amide bonds. The van der Waals surface area contributed by atoms with Gasteiger partial charge in [0.05, 0.1) is 12.0 Å². The number of thiophene rings is 1. The lowest BCUT2D eigenvalue weighted by atomic mass is 9.93. The van der Waals surface area contributed by atoms with Crippen LogP contribution in [0.4, 0.5) is 0 Å². The second-order valence-corrected chi connectivity index (χ2v) is 7.95. The quantitative estimate of drug-likeness (QED) is 0.911. The third-order valence-electron chi connectivity index (χ3n) is 4.64. The summed E-state index contributed by atoms with van der Waals surface area (Å²) in [4.78, 5) is 13.9. The first-order chi connectivity index (χ1) is 10.4. The smallest absolute Gasteiger partial charge is 0.232 e. The Hall–Kier alpha value is -1.62. The zero-order valence-electron chi connectivity index (χ0n) is 13.5. The molecule has 0 aromatic carbocycles. The van der Waals surface area contributed by atoms with Gasteiger partial charge in [-0.15, -0.1) is 11.3 Å². The Bertz CT molecular complexity index is 673. The molecular weight excluding hydrogens is 296 g/mol. The molecule has 22 heavy (non-hydrogen) atoms. The monoisotopic (exact) mass is 318 g/mol. The number of hydrogen-bond acceptors (Lipinski definition) is 4. The summed E-state index contributed by atoms with van der Waals surface area (Å²) in [6, 6.07) is 5.99. The van der Waals surface area contributed by atoms with Crippen molar-refractivity contribution < 1.29 is 9.32 Å². The third-order valence-corrected chi connectivity index (χ3v) is 5.67. The molecule has 1 aliphatic carbocycles. The van der Waals surface area contributed by atoms with Crippen molar-refractivity contribution in [2.45, 2.75) is 52.0 Å². The fourth-order valence-electron chi connectivity index (χ4n) is 3.07. The minimum absolute atomic E-state index is 0.00878. The lowest BCUT2D eigenvalue weighted by Crippen LogP contribution is -2.37. The summed E-state index contributed by atoms with van der Waals surface area (Å²) >= 11 is 1.66. The largest absolute Gasteiger partial charge is 0.361 e. The molecule has 1 atom stereocenters. The zero-order chi connectivity index (χ0) is 16.0. The van der Waals surface area contributed by atoms with Crippen LogP contribution in [0.15, 0.2) is 28.1 Å². The van der Waals surface area contributed by atoms with Crippen LogP contribution in [0.5, 0.6) is 0 Å². The Morgan fingerprint density at radius 2 is 2.23 bits per heavy atom. The van der Waals surface area contributed by atoms with Gasteiger partial charge < -0.3 is 9.84 Å². The minimum atomic E-state index is -0.383. The summed E-state index contributed by atoms with van der Waals surface area (Å²) in [5.41, 5.74) is 0.400. The first kappa shape index (κ1) is 15.3. The van der Waals surface area contributed by atoms with Crippen molar-refractivity contribution in [2.24, 2.45) is 5.41 Å². The van der Waals surface area contributed by atoms with Crippen molar-refractivity contribution >= 4 is 17.2 Å². The predicted octanol–water partition coefficient (Wildman–Crippen LogP) is 3.84. The second-order valence-electron chi connectivity index (χ2n) is 7.00. The summed E-state index contributed by atoms with van der Waals surface area (Å²) in [5, 5.41) is 9.10. The Balaban J connectivity index is 1.71.